The van der Waals surface area contributed by atoms with Crippen molar-refractivity contribution in [1.29, 1.82) is 0 Å². The van der Waals surface area contributed by atoms with Gasteiger partial charge >= 0.3 is 11.9 Å². The Kier molecular flexibility index (Phi) is 3.13. The molecule has 0 radical (unpaired) electrons. The molecule has 0 saturated carbocycles. The van der Waals surface area contributed by atoms with Crippen LogP contribution in [0.3, 0.4) is 0 Å². The fourth-order valence-electron chi connectivity index (χ4n) is 1.68. The Hall–Kier alpha value is -1.84. The molecule has 1 saturated heterocycles. The molecule has 0 aliphatic carbocycles. The molecule has 1 heterocycles. The Morgan fingerprint density at radius 1 is 1.00 bits per heavy atom. The number of hydrogen-bond acceptors (Lipinski definition) is 4. The molecule has 1 aromatic rings. The van der Waals surface area contributed by atoms with E-state index in [-0.39, 0.29) is 5.92 Å². The lowest BCUT2D eigenvalue weighted by Crippen LogP contribution is -2.41. The minimum absolute atomic E-state index is 0.0420. The number of carbonyl (C=O) groups excluding carboxylic acids is 2. The van der Waals surface area contributed by atoms with Crippen LogP contribution in [0.2, 0.25) is 0 Å². The summed E-state index contributed by atoms with van der Waals surface area (Å²) in [7, 11) is 0. The molecule has 1 fully saturated rings. The maximum Gasteiger partial charge on any atom is 0.327 e. The summed E-state index contributed by atoms with van der Waals surface area (Å²) >= 11 is 0. The topological polar surface area (TPSA) is 52.6 Å². The van der Waals surface area contributed by atoms with Gasteiger partial charge in [-0.05, 0) is 5.56 Å². The zero-order chi connectivity index (χ0) is 12.4. The Morgan fingerprint density at radius 3 is 2.00 bits per heavy atom. The highest BCUT2D eigenvalue weighted by Crippen LogP contribution is 2.27. The minimum atomic E-state index is -0.953. The van der Waals surface area contributed by atoms with E-state index in [1.165, 1.54) is 0 Å². The van der Waals surface area contributed by atoms with Gasteiger partial charge in [0, 0.05) is 5.92 Å². The van der Waals surface area contributed by atoms with E-state index in [0.717, 1.165) is 0 Å². The maximum absolute atomic E-state index is 11.8. The molecule has 0 atom stereocenters. The van der Waals surface area contributed by atoms with Crippen LogP contribution < -0.4 is 0 Å². The van der Waals surface area contributed by atoms with Gasteiger partial charge in [-0.25, -0.2) is 0 Å². The van der Waals surface area contributed by atoms with Gasteiger partial charge in [-0.1, -0.05) is 44.2 Å². The second-order valence-corrected chi connectivity index (χ2v) is 4.33. The summed E-state index contributed by atoms with van der Waals surface area (Å²) < 4.78 is 10.2. The highest BCUT2D eigenvalue weighted by Gasteiger charge is 2.40. The quantitative estimate of drug-likeness (QED) is 0.579. The van der Waals surface area contributed by atoms with Crippen molar-refractivity contribution in [2.75, 3.05) is 0 Å². The van der Waals surface area contributed by atoms with Crippen molar-refractivity contribution in [1.82, 2.24) is 0 Å². The molecule has 2 rings (SSSR count). The van der Waals surface area contributed by atoms with Gasteiger partial charge in [0.1, 0.15) is 0 Å². The van der Waals surface area contributed by atoms with Crippen LogP contribution in [-0.2, 0) is 19.1 Å². The Balaban J connectivity index is 2.22. The number of cyclic esters (lactones) is 2. The summed E-state index contributed by atoms with van der Waals surface area (Å²) in [5.41, 5.74) is 0.602. The van der Waals surface area contributed by atoms with Crippen molar-refractivity contribution >= 4 is 11.9 Å². The van der Waals surface area contributed by atoms with E-state index in [0.29, 0.717) is 5.56 Å². The molecular formula is C13H14O4. The molecule has 17 heavy (non-hydrogen) atoms. The van der Waals surface area contributed by atoms with Gasteiger partial charge in [-0.3, -0.25) is 9.59 Å². The van der Waals surface area contributed by atoms with Crippen LogP contribution in [0.5, 0.6) is 0 Å². The highest BCUT2D eigenvalue weighted by molar-refractivity contribution is 6.02. The van der Waals surface area contributed by atoms with E-state index in [4.69, 9.17) is 9.47 Å². The van der Waals surface area contributed by atoms with Crippen molar-refractivity contribution in [2.24, 2.45) is 5.92 Å². The van der Waals surface area contributed by atoms with Gasteiger partial charge < -0.3 is 9.47 Å². The van der Waals surface area contributed by atoms with Crippen LogP contribution in [0, 0.1) is 5.92 Å². The molecule has 90 valence electrons. The molecule has 1 aliphatic heterocycles. The van der Waals surface area contributed by atoms with Crippen LogP contribution in [0.15, 0.2) is 30.3 Å². The lowest BCUT2D eigenvalue weighted by Gasteiger charge is -2.29. The molecule has 0 bridgehead atoms. The lowest BCUT2D eigenvalue weighted by atomic mass is 9.98. The smallest absolute Gasteiger partial charge is 0.327 e. The first kappa shape index (κ1) is 11.6. The summed E-state index contributed by atoms with van der Waals surface area (Å²) in [6, 6.07) is 8.78. The molecular weight excluding hydrogens is 220 g/mol. The van der Waals surface area contributed by atoms with E-state index < -0.39 is 24.1 Å². The molecule has 0 spiro atoms. The van der Waals surface area contributed by atoms with Crippen molar-refractivity contribution in [3.63, 3.8) is 0 Å². The van der Waals surface area contributed by atoms with Crippen LogP contribution in [-0.4, -0.2) is 18.2 Å². The molecule has 4 heteroatoms. The molecule has 0 aromatic heterocycles. The number of benzene rings is 1. The zero-order valence-corrected chi connectivity index (χ0v) is 9.75. The van der Waals surface area contributed by atoms with E-state index in [2.05, 4.69) is 0 Å². The SMILES string of the molecule is CC(C)C1OC(=O)C(c2ccccc2)C(=O)O1. The third-order valence-electron chi connectivity index (χ3n) is 2.61. The first-order valence-corrected chi connectivity index (χ1v) is 5.55. The second-order valence-electron chi connectivity index (χ2n) is 4.33. The predicted molar refractivity (Wildman–Crippen MR) is 60.0 cm³/mol. The first-order chi connectivity index (χ1) is 8.09. The zero-order valence-electron chi connectivity index (χ0n) is 9.75. The molecule has 1 aromatic carbocycles. The molecule has 1 aliphatic rings. The fraction of sp³-hybridized carbons (Fsp3) is 0.385. The number of esters is 2. The van der Waals surface area contributed by atoms with E-state index in [1.54, 1.807) is 24.3 Å². The van der Waals surface area contributed by atoms with E-state index in [9.17, 15) is 9.59 Å². The second kappa shape index (κ2) is 4.57. The van der Waals surface area contributed by atoms with Crippen LogP contribution in [0.4, 0.5) is 0 Å². The summed E-state index contributed by atoms with van der Waals surface area (Å²) in [5.74, 6) is -2.07. The predicted octanol–water partition coefficient (Wildman–Crippen LogP) is 1.85. The number of ether oxygens (including phenoxy) is 2. The molecule has 0 unspecified atom stereocenters. The third-order valence-corrected chi connectivity index (χ3v) is 2.61. The maximum atomic E-state index is 11.8. The van der Waals surface area contributed by atoms with Gasteiger partial charge in [-0.2, -0.15) is 0 Å². The lowest BCUT2D eigenvalue weighted by molar-refractivity contribution is -0.214. The van der Waals surface area contributed by atoms with Crippen LogP contribution in [0.1, 0.15) is 25.3 Å². The van der Waals surface area contributed by atoms with Gasteiger partial charge in [-0.15, -0.1) is 0 Å². The number of hydrogen-bond donors (Lipinski definition) is 0. The van der Waals surface area contributed by atoms with Crippen LogP contribution in [0.25, 0.3) is 0 Å². The summed E-state index contributed by atoms with van der Waals surface area (Å²) in [6.45, 7) is 3.65. The largest absolute Gasteiger partial charge is 0.424 e. The fourth-order valence-corrected chi connectivity index (χ4v) is 1.68. The number of rotatable bonds is 2. The van der Waals surface area contributed by atoms with Crippen molar-refractivity contribution in [2.45, 2.75) is 26.1 Å². The van der Waals surface area contributed by atoms with Crippen LogP contribution >= 0.6 is 0 Å². The first-order valence-electron chi connectivity index (χ1n) is 5.55. The molecule has 0 amide bonds. The van der Waals surface area contributed by atoms with Gasteiger partial charge in [0.05, 0.1) is 0 Å². The summed E-state index contributed by atoms with van der Waals surface area (Å²) in [5, 5.41) is 0. The number of carbonyl (C=O) groups is 2. The van der Waals surface area contributed by atoms with Gasteiger partial charge in [0.2, 0.25) is 6.29 Å². The molecule has 0 N–H and O–H groups in total. The van der Waals surface area contributed by atoms with E-state index >= 15 is 0 Å². The van der Waals surface area contributed by atoms with Crippen molar-refractivity contribution in [3.8, 4) is 0 Å². The Morgan fingerprint density at radius 2 is 1.53 bits per heavy atom. The van der Waals surface area contributed by atoms with Crippen molar-refractivity contribution in [3.05, 3.63) is 35.9 Å². The van der Waals surface area contributed by atoms with Gasteiger partial charge in [0.15, 0.2) is 5.92 Å². The third kappa shape index (κ3) is 2.30. The highest BCUT2D eigenvalue weighted by atomic mass is 16.7. The molecule has 4 nitrogen and oxygen atoms in total. The summed E-state index contributed by atoms with van der Waals surface area (Å²) in [6.07, 6.45) is -0.769. The monoisotopic (exact) mass is 234 g/mol. The standard InChI is InChI=1S/C13H14O4/c1-8(2)13-16-11(14)10(12(15)17-13)9-6-4-3-5-7-9/h3-8,10,13H,1-2H3. The van der Waals surface area contributed by atoms with E-state index in [1.807, 2.05) is 19.9 Å². The average Bonchev–Trinajstić information content (AvgIpc) is 2.29. The average molecular weight is 234 g/mol. The van der Waals surface area contributed by atoms with Crippen molar-refractivity contribution < 1.29 is 19.1 Å². The summed E-state index contributed by atoms with van der Waals surface area (Å²) in [4.78, 5) is 23.6. The Labute approximate surface area is 99.5 Å². The Bertz CT molecular complexity index is 406. The normalized spacial score (nSPS) is 24.4. The minimum Gasteiger partial charge on any atom is -0.424 e. The van der Waals surface area contributed by atoms with Gasteiger partial charge in [0.25, 0.3) is 0 Å².